The molecule has 0 aromatic heterocycles. The predicted molar refractivity (Wildman–Crippen MR) is 64.8 cm³/mol. The van der Waals surface area contributed by atoms with Crippen LogP contribution in [0.15, 0.2) is 0 Å². The van der Waals surface area contributed by atoms with Crippen LogP contribution in [0.3, 0.4) is 0 Å². The van der Waals surface area contributed by atoms with E-state index in [2.05, 4.69) is 10.6 Å². The fraction of sp³-hybridized carbons (Fsp3) is 0.750. The van der Waals surface area contributed by atoms with Crippen molar-refractivity contribution in [3.05, 3.63) is 0 Å². The molecule has 3 N–H and O–H groups in total. The SMILES string of the molecule is CC(=O)NCC1CCC(C(=O)NCC(=O)O)CC1. The second kappa shape index (κ2) is 6.98. The molecular weight excluding hydrogens is 236 g/mol. The van der Waals surface area contributed by atoms with Gasteiger partial charge in [-0.25, -0.2) is 0 Å². The van der Waals surface area contributed by atoms with Gasteiger partial charge in [-0.15, -0.1) is 0 Å². The molecular formula is C12H20N2O4. The third kappa shape index (κ3) is 5.16. The lowest BCUT2D eigenvalue weighted by molar-refractivity contribution is -0.138. The van der Waals surface area contributed by atoms with Gasteiger partial charge in [-0.05, 0) is 31.6 Å². The number of amides is 2. The quantitative estimate of drug-likeness (QED) is 0.651. The highest BCUT2D eigenvalue weighted by atomic mass is 16.4. The van der Waals surface area contributed by atoms with Crippen molar-refractivity contribution in [2.24, 2.45) is 11.8 Å². The Hall–Kier alpha value is -1.59. The summed E-state index contributed by atoms with van der Waals surface area (Å²) in [5.74, 6) is -0.884. The standard InChI is InChI=1S/C12H20N2O4/c1-8(15)13-6-9-2-4-10(5-3-9)12(18)14-7-11(16)17/h9-10H,2-7H2,1H3,(H,13,15)(H,14,18)(H,16,17). The van der Waals surface area contributed by atoms with Crippen molar-refractivity contribution in [3.63, 3.8) is 0 Å². The van der Waals surface area contributed by atoms with Crippen LogP contribution in [0, 0.1) is 11.8 Å². The van der Waals surface area contributed by atoms with Crippen molar-refractivity contribution in [3.8, 4) is 0 Å². The highest BCUT2D eigenvalue weighted by Gasteiger charge is 2.26. The van der Waals surface area contributed by atoms with E-state index in [0.717, 1.165) is 25.7 Å². The van der Waals surface area contributed by atoms with E-state index in [9.17, 15) is 14.4 Å². The Morgan fingerprint density at radius 2 is 1.72 bits per heavy atom. The first-order chi connectivity index (χ1) is 8.49. The van der Waals surface area contributed by atoms with E-state index in [1.165, 1.54) is 6.92 Å². The van der Waals surface area contributed by atoms with Crippen molar-refractivity contribution in [2.45, 2.75) is 32.6 Å². The van der Waals surface area contributed by atoms with E-state index in [1.807, 2.05) is 0 Å². The number of rotatable bonds is 5. The number of carboxylic acid groups (broad SMARTS) is 1. The molecule has 102 valence electrons. The normalized spacial score (nSPS) is 23.2. The summed E-state index contributed by atoms with van der Waals surface area (Å²) in [6.07, 6.45) is 3.31. The molecule has 1 rings (SSSR count). The van der Waals surface area contributed by atoms with Gasteiger partial charge in [0, 0.05) is 19.4 Å². The lowest BCUT2D eigenvalue weighted by atomic mass is 9.81. The largest absolute Gasteiger partial charge is 0.480 e. The first-order valence-corrected chi connectivity index (χ1v) is 6.23. The lowest BCUT2D eigenvalue weighted by Crippen LogP contribution is -2.37. The highest BCUT2D eigenvalue weighted by Crippen LogP contribution is 2.28. The molecule has 0 heterocycles. The van der Waals surface area contributed by atoms with Gasteiger partial charge in [0.2, 0.25) is 11.8 Å². The molecule has 1 aliphatic carbocycles. The van der Waals surface area contributed by atoms with Gasteiger partial charge in [0.15, 0.2) is 0 Å². The van der Waals surface area contributed by atoms with Crippen LogP contribution >= 0.6 is 0 Å². The van der Waals surface area contributed by atoms with Crippen LogP contribution < -0.4 is 10.6 Å². The van der Waals surface area contributed by atoms with Gasteiger partial charge in [-0.2, -0.15) is 0 Å². The molecule has 0 aliphatic heterocycles. The van der Waals surface area contributed by atoms with Gasteiger partial charge in [0.05, 0.1) is 0 Å². The van der Waals surface area contributed by atoms with E-state index in [0.29, 0.717) is 12.5 Å². The molecule has 0 atom stereocenters. The minimum atomic E-state index is -1.03. The molecule has 0 bridgehead atoms. The molecule has 0 aromatic carbocycles. The van der Waals surface area contributed by atoms with Gasteiger partial charge >= 0.3 is 5.97 Å². The van der Waals surface area contributed by atoms with E-state index < -0.39 is 5.97 Å². The molecule has 1 aliphatic rings. The minimum Gasteiger partial charge on any atom is -0.480 e. The molecule has 0 saturated heterocycles. The fourth-order valence-corrected chi connectivity index (χ4v) is 2.22. The molecule has 1 saturated carbocycles. The van der Waals surface area contributed by atoms with Crippen LogP contribution in [-0.4, -0.2) is 36.0 Å². The van der Waals surface area contributed by atoms with Crippen molar-refractivity contribution in [2.75, 3.05) is 13.1 Å². The molecule has 0 unspecified atom stereocenters. The Morgan fingerprint density at radius 1 is 1.11 bits per heavy atom. The van der Waals surface area contributed by atoms with Crippen LogP contribution in [0.4, 0.5) is 0 Å². The molecule has 1 fully saturated rings. The maximum Gasteiger partial charge on any atom is 0.322 e. The van der Waals surface area contributed by atoms with Crippen molar-refractivity contribution in [1.29, 1.82) is 0 Å². The van der Waals surface area contributed by atoms with Gasteiger partial charge in [-0.1, -0.05) is 0 Å². The smallest absolute Gasteiger partial charge is 0.322 e. The number of carbonyl (C=O) groups is 3. The minimum absolute atomic E-state index is 0.0312. The summed E-state index contributed by atoms with van der Waals surface area (Å²) in [5.41, 5.74) is 0. The monoisotopic (exact) mass is 256 g/mol. The summed E-state index contributed by atoms with van der Waals surface area (Å²) >= 11 is 0. The van der Waals surface area contributed by atoms with Gasteiger partial charge in [0.1, 0.15) is 6.54 Å². The van der Waals surface area contributed by atoms with Crippen molar-refractivity contribution in [1.82, 2.24) is 10.6 Å². The molecule has 6 nitrogen and oxygen atoms in total. The summed E-state index contributed by atoms with van der Waals surface area (Å²) < 4.78 is 0. The highest BCUT2D eigenvalue weighted by molar-refractivity contribution is 5.82. The maximum atomic E-state index is 11.6. The summed E-state index contributed by atoms with van der Waals surface area (Å²) in [4.78, 5) is 32.7. The summed E-state index contributed by atoms with van der Waals surface area (Å²) in [6, 6.07) is 0. The van der Waals surface area contributed by atoms with Crippen LogP contribution in [0.5, 0.6) is 0 Å². The first-order valence-electron chi connectivity index (χ1n) is 6.23. The van der Waals surface area contributed by atoms with Gasteiger partial charge < -0.3 is 15.7 Å². The summed E-state index contributed by atoms with van der Waals surface area (Å²) in [5, 5.41) is 13.7. The second-order valence-electron chi connectivity index (χ2n) is 4.77. The number of hydrogen-bond acceptors (Lipinski definition) is 3. The third-order valence-corrected chi connectivity index (χ3v) is 3.27. The molecule has 18 heavy (non-hydrogen) atoms. The Balaban J connectivity index is 2.24. The summed E-state index contributed by atoms with van der Waals surface area (Å²) in [6.45, 7) is 1.84. The lowest BCUT2D eigenvalue weighted by Gasteiger charge is -2.27. The molecule has 0 spiro atoms. The van der Waals surface area contributed by atoms with Crippen LogP contribution in [0.2, 0.25) is 0 Å². The zero-order chi connectivity index (χ0) is 13.5. The molecule has 2 amide bonds. The second-order valence-corrected chi connectivity index (χ2v) is 4.77. The van der Waals surface area contributed by atoms with Crippen molar-refractivity contribution < 1.29 is 19.5 Å². The maximum absolute atomic E-state index is 11.6. The number of carbonyl (C=O) groups excluding carboxylic acids is 2. The number of hydrogen-bond donors (Lipinski definition) is 3. The van der Waals surface area contributed by atoms with Crippen LogP contribution in [0.1, 0.15) is 32.6 Å². The fourth-order valence-electron chi connectivity index (χ4n) is 2.22. The third-order valence-electron chi connectivity index (χ3n) is 3.27. The topological polar surface area (TPSA) is 95.5 Å². The van der Waals surface area contributed by atoms with Gasteiger partial charge in [0.25, 0.3) is 0 Å². The molecule has 0 aromatic rings. The van der Waals surface area contributed by atoms with Crippen molar-refractivity contribution >= 4 is 17.8 Å². The Kier molecular flexibility index (Phi) is 5.61. The average Bonchev–Trinajstić information content (AvgIpc) is 2.34. The Morgan fingerprint density at radius 3 is 2.22 bits per heavy atom. The van der Waals surface area contributed by atoms with Crippen LogP contribution in [0.25, 0.3) is 0 Å². The average molecular weight is 256 g/mol. The predicted octanol–water partition coefficient (Wildman–Crippen LogP) is 0.130. The summed E-state index contributed by atoms with van der Waals surface area (Å²) in [7, 11) is 0. The molecule has 0 radical (unpaired) electrons. The Bertz CT molecular complexity index is 322. The number of carboxylic acids is 1. The zero-order valence-electron chi connectivity index (χ0n) is 10.6. The number of nitrogens with one attached hydrogen (secondary N) is 2. The van der Waals surface area contributed by atoms with E-state index in [-0.39, 0.29) is 24.3 Å². The molecule has 6 heteroatoms. The van der Waals surface area contributed by atoms with E-state index >= 15 is 0 Å². The first kappa shape index (κ1) is 14.5. The zero-order valence-corrected chi connectivity index (χ0v) is 10.6. The number of aliphatic carboxylic acids is 1. The van der Waals surface area contributed by atoms with Crippen LogP contribution in [-0.2, 0) is 14.4 Å². The Labute approximate surface area is 106 Å². The van der Waals surface area contributed by atoms with E-state index in [1.54, 1.807) is 0 Å². The van der Waals surface area contributed by atoms with E-state index in [4.69, 9.17) is 5.11 Å². The van der Waals surface area contributed by atoms with Gasteiger partial charge in [-0.3, -0.25) is 14.4 Å².